The smallest absolute Gasteiger partial charge is 0.121 e. The summed E-state index contributed by atoms with van der Waals surface area (Å²) in [5, 5.41) is 11.5. The number of piperidine rings is 1. The van der Waals surface area contributed by atoms with Gasteiger partial charge in [0.25, 0.3) is 0 Å². The highest BCUT2D eigenvalue weighted by Crippen LogP contribution is 2.42. The van der Waals surface area contributed by atoms with E-state index in [0.717, 1.165) is 23.4 Å². The molecule has 0 aliphatic carbocycles. The molecule has 0 saturated carbocycles. The van der Waals surface area contributed by atoms with Crippen LogP contribution >= 0.6 is 0 Å². The van der Waals surface area contributed by atoms with E-state index < -0.39 is 5.60 Å². The van der Waals surface area contributed by atoms with E-state index in [9.17, 15) is 5.11 Å². The zero-order valence-electron chi connectivity index (χ0n) is 15.5. The Hall–Kier alpha value is -1.88. The second kappa shape index (κ2) is 7.03. The first-order chi connectivity index (χ1) is 12.6. The van der Waals surface area contributed by atoms with Crippen molar-refractivity contribution in [2.24, 2.45) is 0 Å². The molecule has 0 amide bonds. The maximum atomic E-state index is 11.5. The molecule has 0 spiro atoms. The molecule has 2 aliphatic rings. The van der Waals surface area contributed by atoms with Crippen molar-refractivity contribution < 1.29 is 14.6 Å². The van der Waals surface area contributed by atoms with Gasteiger partial charge in [-0.15, -0.1) is 0 Å². The van der Waals surface area contributed by atoms with Crippen LogP contribution in [0.4, 0.5) is 0 Å². The van der Waals surface area contributed by atoms with Gasteiger partial charge < -0.3 is 14.6 Å². The Balaban J connectivity index is 1.58. The van der Waals surface area contributed by atoms with Gasteiger partial charge in [0, 0.05) is 18.6 Å². The normalized spacial score (nSPS) is 28.7. The SMILES string of the molecule is COc1ccc(C2(O)CC3COCC(C2)N3Cc2ccccc2)cc1C. The summed E-state index contributed by atoms with van der Waals surface area (Å²) in [6.07, 6.45) is 1.39. The first-order valence-electron chi connectivity index (χ1n) is 9.34. The van der Waals surface area contributed by atoms with Crippen LogP contribution in [0.2, 0.25) is 0 Å². The van der Waals surface area contributed by atoms with E-state index in [4.69, 9.17) is 9.47 Å². The quantitative estimate of drug-likeness (QED) is 0.916. The largest absolute Gasteiger partial charge is 0.496 e. The zero-order valence-corrected chi connectivity index (χ0v) is 15.5. The first kappa shape index (κ1) is 17.5. The lowest BCUT2D eigenvalue weighted by Gasteiger charge is -2.52. The minimum Gasteiger partial charge on any atom is -0.496 e. The van der Waals surface area contributed by atoms with Crippen molar-refractivity contribution in [3.05, 3.63) is 65.2 Å². The van der Waals surface area contributed by atoms with Gasteiger partial charge in [0.2, 0.25) is 0 Å². The topological polar surface area (TPSA) is 41.9 Å². The van der Waals surface area contributed by atoms with E-state index in [1.807, 2.05) is 19.1 Å². The fourth-order valence-corrected chi connectivity index (χ4v) is 4.50. The molecule has 0 aromatic heterocycles. The Morgan fingerprint density at radius 3 is 2.42 bits per heavy atom. The van der Waals surface area contributed by atoms with Crippen LogP contribution in [-0.2, 0) is 16.9 Å². The van der Waals surface area contributed by atoms with E-state index in [0.29, 0.717) is 26.1 Å². The van der Waals surface area contributed by atoms with Gasteiger partial charge in [-0.25, -0.2) is 0 Å². The second-order valence-corrected chi connectivity index (χ2v) is 7.63. The number of aliphatic hydroxyl groups is 1. The molecule has 2 unspecified atom stereocenters. The molecule has 4 nitrogen and oxygen atoms in total. The zero-order chi connectivity index (χ0) is 18.1. The second-order valence-electron chi connectivity index (χ2n) is 7.63. The van der Waals surface area contributed by atoms with E-state index in [-0.39, 0.29) is 12.1 Å². The predicted molar refractivity (Wildman–Crippen MR) is 101 cm³/mol. The third-order valence-electron chi connectivity index (χ3n) is 5.85. The van der Waals surface area contributed by atoms with Crippen LogP contribution in [0.1, 0.15) is 29.5 Å². The van der Waals surface area contributed by atoms with Crippen LogP contribution in [0.15, 0.2) is 48.5 Å². The highest BCUT2D eigenvalue weighted by molar-refractivity contribution is 5.39. The Kier molecular flexibility index (Phi) is 4.74. The molecule has 26 heavy (non-hydrogen) atoms. The summed E-state index contributed by atoms with van der Waals surface area (Å²) < 4.78 is 11.2. The van der Waals surface area contributed by atoms with E-state index in [1.54, 1.807) is 7.11 Å². The first-order valence-corrected chi connectivity index (χ1v) is 9.34. The molecule has 2 atom stereocenters. The maximum absolute atomic E-state index is 11.5. The molecule has 0 radical (unpaired) electrons. The number of fused-ring (bicyclic) bond motifs is 2. The molecule has 1 N–H and O–H groups in total. The van der Waals surface area contributed by atoms with Gasteiger partial charge >= 0.3 is 0 Å². The number of morpholine rings is 1. The molecule has 2 heterocycles. The number of aryl methyl sites for hydroxylation is 1. The average Bonchev–Trinajstić information content (AvgIpc) is 2.63. The number of benzene rings is 2. The van der Waals surface area contributed by atoms with Crippen LogP contribution in [0.3, 0.4) is 0 Å². The highest BCUT2D eigenvalue weighted by Gasteiger charge is 2.46. The summed E-state index contributed by atoms with van der Waals surface area (Å²) in [5.41, 5.74) is 2.57. The number of hydrogen-bond acceptors (Lipinski definition) is 4. The summed E-state index contributed by atoms with van der Waals surface area (Å²) in [4.78, 5) is 2.52. The van der Waals surface area contributed by atoms with Crippen LogP contribution < -0.4 is 4.74 Å². The van der Waals surface area contributed by atoms with Crippen LogP contribution in [0.5, 0.6) is 5.75 Å². The summed E-state index contributed by atoms with van der Waals surface area (Å²) >= 11 is 0. The van der Waals surface area contributed by atoms with Gasteiger partial charge in [-0.3, -0.25) is 4.90 Å². The summed E-state index contributed by atoms with van der Waals surface area (Å²) in [5.74, 6) is 0.863. The molecule has 2 saturated heterocycles. The standard InChI is InChI=1S/C22H27NO3/c1-16-10-18(8-9-21(16)25-2)22(24)11-19-14-26-15-20(12-22)23(19)13-17-6-4-3-5-7-17/h3-10,19-20,24H,11-15H2,1-2H3. The number of methoxy groups -OCH3 is 1. The molecular weight excluding hydrogens is 326 g/mol. The number of hydrogen-bond donors (Lipinski definition) is 1. The lowest BCUT2D eigenvalue weighted by molar-refractivity contribution is -0.149. The van der Waals surface area contributed by atoms with Gasteiger partial charge in [-0.2, -0.15) is 0 Å². The minimum absolute atomic E-state index is 0.232. The van der Waals surface area contributed by atoms with Gasteiger partial charge in [0.1, 0.15) is 5.75 Å². The third-order valence-corrected chi connectivity index (χ3v) is 5.85. The molecular formula is C22H27NO3. The third kappa shape index (κ3) is 3.25. The maximum Gasteiger partial charge on any atom is 0.121 e. The van der Waals surface area contributed by atoms with Crippen molar-refractivity contribution in [1.29, 1.82) is 0 Å². The van der Waals surface area contributed by atoms with Gasteiger partial charge in [0.15, 0.2) is 0 Å². The summed E-state index contributed by atoms with van der Waals surface area (Å²) in [6, 6.07) is 17.1. The van der Waals surface area contributed by atoms with Crippen LogP contribution in [0.25, 0.3) is 0 Å². The lowest BCUT2D eigenvalue weighted by Crippen LogP contribution is -2.60. The van der Waals surface area contributed by atoms with Gasteiger partial charge in [-0.05, 0) is 48.6 Å². The van der Waals surface area contributed by atoms with Crippen molar-refractivity contribution in [2.75, 3.05) is 20.3 Å². The van der Waals surface area contributed by atoms with E-state index >= 15 is 0 Å². The van der Waals surface area contributed by atoms with Gasteiger partial charge in [-0.1, -0.05) is 36.4 Å². The molecule has 4 rings (SSSR count). The molecule has 2 aromatic rings. The van der Waals surface area contributed by atoms with Crippen LogP contribution in [-0.4, -0.2) is 42.4 Å². The Bertz CT molecular complexity index is 747. The molecule has 4 heteroatoms. The minimum atomic E-state index is -0.802. The fraction of sp³-hybridized carbons (Fsp3) is 0.455. The molecule has 2 bridgehead atoms. The Morgan fingerprint density at radius 1 is 1.12 bits per heavy atom. The molecule has 2 aromatic carbocycles. The lowest BCUT2D eigenvalue weighted by atomic mass is 9.76. The molecule has 2 aliphatic heterocycles. The number of ether oxygens (including phenoxy) is 2. The summed E-state index contributed by atoms with van der Waals surface area (Å²) in [7, 11) is 1.68. The van der Waals surface area contributed by atoms with E-state index in [2.05, 4.69) is 41.3 Å². The van der Waals surface area contributed by atoms with Crippen molar-refractivity contribution >= 4 is 0 Å². The molecule has 2 fully saturated rings. The highest BCUT2D eigenvalue weighted by atomic mass is 16.5. The monoisotopic (exact) mass is 353 g/mol. The fourth-order valence-electron chi connectivity index (χ4n) is 4.50. The van der Waals surface area contributed by atoms with Crippen LogP contribution in [0, 0.1) is 6.92 Å². The molecule has 138 valence electrons. The Morgan fingerprint density at radius 2 is 1.81 bits per heavy atom. The van der Waals surface area contributed by atoms with Crippen molar-refractivity contribution in [1.82, 2.24) is 4.90 Å². The number of nitrogens with zero attached hydrogens (tertiary/aromatic N) is 1. The van der Waals surface area contributed by atoms with Crippen molar-refractivity contribution in [3.8, 4) is 5.75 Å². The van der Waals surface area contributed by atoms with Crippen molar-refractivity contribution in [2.45, 2.75) is 44.0 Å². The van der Waals surface area contributed by atoms with Gasteiger partial charge in [0.05, 0.1) is 25.9 Å². The Labute approximate surface area is 155 Å². The summed E-state index contributed by atoms with van der Waals surface area (Å²) in [6.45, 7) is 4.30. The average molecular weight is 353 g/mol. The number of rotatable bonds is 4. The van der Waals surface area contributed by atoms with E-state index in [1.165, 1.54) is 5.56 Å². The van der Waals surface area contributed by atoms with Crippen molar-refractivity contribution in [3.63, 3.8) is 0 Å². The predicted octanol–water partition coefficient (Wildman–Crippen LogP) is 3.25.